The zero-order valence-corrected chi connectivity index (χ0v) is 32.1. The van der Waals surface area contributed by atoms with Crippen molar-refractivity contribution in [3.8, 4) is 0 Å². The lowest BCUT2D eigenvalue weighted by Gasteiger charge is -2.42. The van der Waals surface area contributed by atoms with Gasteiger partial charge >= 0.3 is 5.97 Å². The van der Waals surface area contributed by atoms with Crippen LogP contribution in [-0.4, -0.2) is 55.3 Å². The zero-order chi connectivity index (χ0) is 30.9. The highest BCUT2D eigenvalue weighted by atomic mass is 28.4. The average Bonchev–Trinajstić information content (AvgIpc) is 2.75. The zero-order valence-electron chi connectivity index (χ0n) is 29.1. The molecule has 5 nitrogen and oxygen atoms in total. The molecule has 0 unspecified atom stereocenters. The maximum absolute atomic E-state index is 12.0. The predicted octanol–water partition coefficient (Wildman–Crippen LogP) is 10.1. The van der Waals surface area contributed by atoms with E-state index >= 15 is 0 Å². The number of ether oxygens (including phenoxy) is 1. The Morgan fingerprint density at radius 1 is 0.795 bits per heavy atom. The molecule has 0 amide bonds. The summed E-state index contributed by atoms with van der Waals surface area (Å²) in [6.07, 6.45) is 4.26. The highest BCUT2D eigenvalue weighted by Crippen LogP contribution is 2.39. The second-order valence-electron chi connectivity index (χ2n) is 15.2. The molecule has 39 heavy (non-hydrogen) atoms. The van der Waals surface area contributed by atoms with Crippen molar-refractivity contribution >= 4 is 30.9 Å². The van der Waals surface area contributed by atoms with Crippen molar-refractivity contribution in [2.45, 2.75) is 187 Å². The lowest BCUT2D eigenvalue weighted by atomic mass is 9.94. The quantitative estimate of drug-likeness (QED) is 0.115. The Hall–Kier alpha value is 0.000649. The lowest BCUT2D eigenvalue weighted by molar-refractivity contribution is -0.147. The number of carbonyl (C=O) groups excluding carboxylic acids is 1. The topological polar surface area (TPSA) is 54.0 Å². The van der Waals surface area contributed by atoms with Gasteiger partial charge in [0.2, 0.25) is 0 Å². The van der Waals surface area contributed by atoms with Crippen LogP contribution in [0.4, 0.5) is 0 Å². The SMILES string of the molecule is CC[Si](CC)(CC)O[C@](C)(CCC[C@@H](C[C@@H](C)O[Si](C)(C)C(C)(C)C)OC(C)=O)CCO[Si](C)(C)C(C)(C)C. The van der Waals surface area contributed by atoms with Gasteiger partial charge in [0, 0.05) is 26.1 Å². The third kappa shape index (κ3) is 13.2. The third-order valence-electron chi connectivity index (χ3n) is 9.76. The largest absolute Gasteiger partial charge is 0.462 e. The van der Waals surface area contributed by atoms with Crippen LogP contribution in [0.25, 0.3) is 0 Å². The predicted molar refractivity (Wildman–Crippen MR) is 176 cm³/mol. The molecule has 0 radical (unpaired) electrons. The lowest BCUT2D eigenvalue weighted by Crippen LogP contribution is -2.47. The maximum atomic E-state index is 12.0. The van der Waals surface area contributed by atoms with Crippen molar-refractivity contribution in [1.29, 1.82) is 0 Å². The fraction of sp³-hybridized carbons (Fsp3) is 0.968. The summed E-state index contributed by atoms with van der Waals surface area (Å²) in [6.45, 7) is 36.5. The summed E-state index contributed by atoms with van der Waals surface area (Å²) in [5.41, 5.74) is -0.235. The summed E-state index contributed by atoms with van der Waals surface area (Å²) in [7, 11) is -5.51. The number of hydrogen-bond acceptors (Lipinski definition) is 5. The third-order valence-corrected chi connectivity index (χ3v) is 23.7. The van der Waals surface area contributed by atoms with E-state index < -0.39 is 25.0 Å². The normalized spacial score (nSPS) is 17.0. The van der Waals surface area contributed by atoms with Crippen molar-refractivity contribution in [3.63, 3.8) is 0 Å². The molecule has 0 spiro atoms. The Balaban J connectivity index is 5.57. The Bertz CT molecular complexity index is 714. The minimum Gasteiger partial charge on any atom is -0.462 e. The second kappa shape index (κ2) is 15.5. The number of hydrogen-bond donors (Lipinski definition) is 0. The van der Waals surface area contributed by atoms with Crippen molar-refractivity contribution < 1.29 is 22.8 Å². The van der Waals surface area contributed by atoms with Crippen LogP contribution >= 0.6 is 0 Å². The first-order chi connectivity index (χ1) is 17.5. The molecule has 0 aliphatic carbocycles. The summed E-state index contributed by atoms with van der Waals surface area (Å²) in [4.78, 5) is 12.0. The minimum atomic E-state index is -1.89. The number of rotatable bonds is 18. The first-order valence-electron chi connectivity index (χ1n) is 15.7. The van der Waals surface area contributed by atoms with Crippen LogP contribution in [0.5, 0.6) is 0 Å². The van der Waals surface area contributed by atoms with Crippen LogP contribution in [0.2, 0.25) is 54.4 Å². The van der Waals surface area contributed by atoms with Crippen molar-refractivity contribution in [3.05, 3.63) is 0 Å². The molecular formula is C31H68O5Si3. The maximum Gasteiger partial charge on any atom is 0.302 e. The Labute approximate surface area is 247 Å². The Morgan fingerprint density at radius 2 is 1.28 bits per heavy atom. The van der Waals surface area contributed by atoms with Crippen LogP contribution in [0.1, 0.15) is 115 Å². The smallest absolute Gasteiger partial charge is 0.302 e. The molecule has 0 N–H and O–H groups in total. The average molecular weight is 605 g/mol. The van der Waals surface area contributed by atoms with Gasteiger partial charge in [0.1, 0.15) is 6.10 Å². The van der Waals surface area contributed by atoms with Gasteiger partial charge in [-0.15, -0.1) is 0 Å². The fourth-order valence-corrected chi connectivity index (χ4v) is 10.4. The molecule has 0 heterocycles. The van der Waals surface area contributed by atoms with Gasteiger partial charge in [-0.2, -0.15) is 0 Å². The second-order valence-corrected chi connectivity index (χ2v) is 29.5. The van der Waals surface area contributed by atoms with E-state index in [1.807, 2.05) is 0 Å². The summed E-state index contributed by atoms with van der Waals surface area (Å²) in [6, 6.07) is 3.41. The first kappa shape index (κ1) is 39.0. The van der Waals surface area contributed by atoms with Gasteiger partial charge in [-0.1, -0.05) is 62.3 Å². The Kier molecular flexibility index (Phi) is 15.5. The fourth-order valence-electron chi connectivity index (χ4n) is 4.72. The molecular weight excluding hydrogens is 537 g/mol. The van der Waals surface area contributed by atoms with Gasteiger partial charge in [0.25, 0.3) is 0 Å². The van der Waals surface area contributed by atoms with Crippen molar-refractivity contribution in [2.75, 3.05) is 6.61 Å². The van der Waals surface area contributed by atoms with Crippen molar-refractivity contribution in [2.24, 2.45) is 0 Å². The molecule has 0 aromatic carbocycles. The van der Waals surface area contributed by atoms with E-state index in [1.165, 1.54) is 6.92 Å². The summed E-state index contributed by atoms with van der Waals surface area (Å²) >= 11 is 0. The van der Waals surface area contributed by atoms with E-state index in [0.29, 0.717) is 0 Å². The van der Waals surface area contributed by atoms with Crippen LogP contribution in [0, 0.1) is 0 Å². The number of carbonyl (C=O) groups is 1. The molecule has 0 aromatic heterocycles. The molecule has 0 aromatic rings. The highest BCUT2D eigenvalue weighted by molar-refractivity contribution is 6.74. The molecule has 0 bridgehead atoms. The molecule has 8 heteroatoms. The van der Waals surface area contributed by atoms with Gasteiger partial charge in [0.05, 0.1) is 5.60 Å². The molecule has 3 atom stereocenters. The highest BCUT2D eigenvalue weighted by Gasteiger charge is 2.41. The van der Waals surface area contributed by atoms with Crippen LogP contribution in [0.15, 0.2) is 0 Å². The van der Waals surface area contributed by atoms with Gasteiger partial charge in [0.15, 0.2) is 25.0 Å². The van der Waals surface area contributed by atoms with Crippen LogP contribution in [-0.2, 0) is 22.8 Å². The summed E-state index contributed by atoms with van der Waals surface area (Å²) in [5.74, 6) is -0.212. The Morgan fingerprint density at radius 3 is 1.69 bits per heavy atom. The van der Waals surface area contributed by atoms with E-state index in [-0.39, 0.29) is 33.9 Å². The van der Waals surface area contributed by atoms with E-state index in [1.54, 1.807) is 0 Å². The van der Waals surface area contributed by atoms with Crippen LogP contribution in [0.3, 0.4) is 0 Å². The van der Waals surface area contributed by atoms with E-state index in [0.717, 1.165) is 56.8 Å². The molecule has 0 saturated heterocycles. The van der Waals surface area contributed by atoms with E-state index in [2.05, 4.69) is 102 Å². The van der Waals surface area contributed by atoms with E-state index in [4.69, 9.17) is 18.0 Å². The van der Waals surface area contributed by atoms with E-state index in [9.17, 15) is 4.79 Å². The summed E-state index contributed by atoms with van der Waals surface area (Å²) < 4.78 is 26.2. The molecule has 0 aliphatic heterocycles. The first-order valence-corrected chi connectivity index (χ1v) is 24.0. The molecule has 234 valence electrons. The monoisotopic (exact) mass is 604 g/mol. The van der Waals surface area contributed by atoms with Crippen LogP contribution < -0.4 is 0 Å². The summed E-state index contributed by atoms with van der Waals surface area (Å²) in [5, 5.41) is 0.345. The standard InChI is InChI=1S/C31H68O5Si3/c1-17-39(18-2,19-3)36-31(12,23-24-33-37(13,14)29(6,7)8)22-20-21-28(34-27(5)32)25-26(4)35-38(15,16)30(9,10)11/h26,28H,17-25H2,1-16H3/t26-,28+,31-/m1/s1. The van der Waals surface area contributed by atoms with Crippen molar-refractivity contribution in [1.82, 2.24) is 0 Å². The van der Waals surface area contributed by atoms with Gasteiger partial charge in [-0.3, -0.25) is 4.79 Å². The van der Waals surface area contributed by atoms with Gasteiger partial charge in [-0.05, 0) is 93.9 Å². The molecule has 0 rings (SSSR count). The minimum absolute atomic E-state index is 0.0520. The number of esters is 1. The van der Waals surface area contributed by atoms with Gasteiger partial charge < -0.3 is 18.0 Å². The molecule has 0 fully saturated rings. The molecule has 0 aliphatic rings. The molecule has 0 saturated carbocycles. The van der Waals surface area contributed by atoms with Gasteiger partial charge in [-0.25, -0.2) is 0 Å².